The van der Waals surface area contributed by atoms with E-state index < -0.39 is 0 Å². The number of rotatable bonds is 5. The lowest BCUT2D eigenvalue weighted by molar-refractivity contribution is 0.0798. The van der Waals surface area contributed by atoms with E-state index in [1.165, 1.54) is 0 Å². The highest BCUT2D eigenvalue weighted by Crippen LogP contribution is 2.29. The second kappa shape index (κ2) is 6.70. The third kappa shape index (κ3) is 2.92. The topological polar surface area (TPSA) is 63.1 Å². The van der Waals surface area contributed by atoms with Gasteiger partial charge in [0.15, 0.2) is 5.65 Å². The van der Waals surface area contributed by atoms with Gasteiger partial charge in [-0.1, -0.05) is 6.07 Å². The van der Waals surface area contributed by atoms with E-state index in [0.29, 0.717) is 12.1 Å². The molecule has 0 aliphatic rings. The van der Waals surface area contributed by atoms with Gasteiger partial charge in [0.25, 0.3) is 5.91 Å². The highest BCUT2D eigenvalue weighted by atomic mass is 32.1. The highest BCUT2D eigenvalue weighted by Gasteiger charge is 2.21. The van der Waals surface area contributed by atoms with Crippen molar-refractivity contribution in [3.63, 3.8) is 0 Å². The van der Waals surface area contributed by atoms with E-state index in [2.05, 4.69) is 10.4 Å². The maximum Gasteiger partial charge on any atom is 0.254 e. The molecule has 0 aliphatic carbocycles. The fraction of sp³-hybridized carbons (Fsp3) is 0.353. The van der Waals surface area contributed by atoms with Gasteiger partial charge in [-0.05, 0) is 31.5 Å². The predicted molar refractivity (Wildman–Crippen MR) is 97.4 cm³/mol. The minimum absolute atomic E-state index is 0.00782. The monoisotopic (exact) mass is 343 g/mol. The summed E-state index contributed by atoms with van der Waals surface area (Å²) in [5, 5.41) is 10.4. The number of hydrogen-bond donors (Lipinski definition) is 1. The standard InChI is InChI=1S/C17H21N5OS/c1-11-15-12(17(23)21(3)8-7-18-2)10-13(14-6-5-9-24-14)19-16(15)22(4)20-11/h5-6,9-10,18H,7-8H2,1-4H3. The number of carbonyl (C=O) groups is 1. The molecule has 3 aromatic heterocycles. The first-order valence-electron chi connectivity index (χ1n) is 7.81. The number of pyridine rings is 1. The van der Waals surface area contributed by atoms with Crippen LogP contribution < -0.4 is 5.32 Å². The van der Waals surface area contributed by atoms with Crippen LogP contribution in [0.15, 0.2) is 23.6 Å². The number of nitrogens with one attached hydrogen (secondary N) is 1. The van der Waals surface area contributed by atoms with Crippen molar-refractivity contribution in [1.29, 1.82) is 0 Å². The van der Waals surface area contributed by atoms with Crippen LogP contribution in [0.2, 0.25) is 0 Å². The van der Waals surface area contributed by atoms with Crippen LogP contribution in [0.4, 0.5) is 0 Å². The average molecular weight is 343 g/mol. The Morgan fingerprint density at radius 3 is 2.92 bits per heavy atom. The van der Waals surface area contributed by atoms with Crippen molar-refractivity contribution in [2.45, 2.75) is 6.92 Å². The zero-order valence-corrected chi connectivity index (χ0v) is 15.1. The predicted octanol–water partition coefficient (Wildman–Crippen LogP) is 2.30. The van der Waals surface area contributed by atoms with Crippen LogP contribution in [0.1, 0.15) is 16.1 Å². The van der Waals surface area contributed by atoms with Crippen molar-refractivity contribution < 1.29 is 4.79 Å². The number of carbonyl (C=O) groups excluding carboxylic acids is 1. The number of likely N-dealkylation sites (N-methyl/N-ethyl adjacent to an activating group) is 2. The molecule has 3 heterocycles. The van der Waals surface area contributed by atoms with Gasteiger partial charge in [0.05, 0.1) is 27.2 Å². The number of amides is 1. The van der Waals surface area contributed by atoms with Crippen molar-refractivity contribution in [2.24, 2.45) is 7.05 Å². The zero-order valence-electron chi connectivity index (χ0n) is 14.3. The number of fused-ring (bicyclic) bond motifs is 1. The molecule has 3 rings (SSSR count). The van der Waals surface area contributed by atoms with Crippen LogP contribution >= 0.6 is 11.3 Å². The Labute approximate surface area is 145 Å². The van der Waals surface area contributed by atoms with E-state index in [-0.39, 0.29) is 5.91 Å². The molecule has 6 nitrogen and oxygen atoms in total. The molecule has 0 atom stereocenters. The normalized spacial score (nSPS) is 11.2. The second-order valence-corrected chi connectivity index (χ2v) is 6.72. The molecular weight excluding hydrogens is 322 g/mol. The molecule has 0 radical (unpaired) electrons. The molecule has 24 heavy (non-hydrogen) atoms. The largest absolute Gasteiger partial charge is 0.340 e. The molecule has 0 fully saturated rings. The molecule has 3 aromatic rings. The fourth-order valence-electron chi connectivity index (χ4n) is 2.75. The van der Waals surface area contributed by atoms with Crippen molar-refractivity contribution in [3.8, 4) is 10.6 Å². The summed E-state index contributed by atoms with van der Waals surface area (Å²) in [5.74, 6) is -0.00782. The van der Waals surface area contributed by atoms with Crippen LogP contribution in [-0.4, -0.2) is 52.8 Å². The summed E-state index contributed by atoms with van der Waals surface area (Å²) >= 11 is 1.61. The van der Waals surface area contributed by atoms with E-state index in [9.17, 15) is 4.79 Å². The van der Waals surface area contributed by atoms with Crippen LogP contribution in [-0.2, 0) is 7.05 Å². The van der Waals surface area contributed by atoms with Gasteiger partial charge in [-0.3, -0.25) is 9.48 Å². The van der Waals surface area contributed by atoms with Gasteiger partial charge in [-0.2, -0.15) is 5.10 Å². The maximum absolute atomic E-state index is 13.0. The SMILES string of the molecule is CNCCN(C)C(=O)c1cc(-c2cccs2)nc2c1c(C)nn2C. The fourth-order valence-corrected chi connectivity index (χ4v) is 3.44. The smallest absolute Gasteiger partial charge is 0.254 e. The first-order valence-corrected chi connectivity index (χ1v) is 8.69. The van der Waals surface area contributed by atoms with Crippen LogP contribution in [0, 0.1) is 6.92 Å². The Morgan fingerprint density at radius 2 is 2.25 bits per heavy atom. The molecule has 1 N–H and O–H groups in total. The summed E-state index contributed by atoms with van der Waals surface area (Å²) in [5.41, 5.74) is 3.03. The number of nitrogens with zero attached hydrogens (tertiary/aromatic N) is 4. The lowest BCUT2D eigenvalue weighted by Crippen LogP contribution is -2.33. The lowest BCUT2D eigenvalue weighted by Gasteiger charge is -2.18. The third-order valence-electron chi connectivity index (χ3n) is 4.02. The van der Waals surface area contributed by atoms with E-state index >= 15 is 0 Å². The first kappa shape index (κ1) is 16.6. The van der Waals surface area contributed by atoms with Crippen molar-refractivity contribution in [1.82, 2.24) is 25.0 Å². The van der Waals surface area contributed by atoms with Gasteiger partial charge in [0, 0.05) is 27.2 Å². The minimum atomic E-state index is -0.00782. The number of thiophene rings is 1. The second-order valence-electron chi connectivity index (χ2n) is 5.77. The first-order chi connectivity index (χ1) is 11.5. The number of aryl methyl sites for hydroxylation is 2. The Kier molecular flexibility index (Phi) is 4.64. The molecule has 0 saturated heterocycles. The minimum Gasteiger partial charge on any atom is -0.340 e. The molecule has 1 amide bonds. The summed E-state index contributed by atoms with van der Waals surface area (Å²) in [6, 6.07) is 5.89. The zero-order chi connectivity index (χ0) is 17.3. The summed E-state index contributed by atoms with van der Waals surface area (Å²) < 4.78 is 1.74. The van der Waals surface area contributed by atoms with E-state index in [1.807, 2.05) is 51.6 Å². The number of hydrogen-bond acceptors (Lipinski definition) is 5. The molecule has 0 saturated carbocycles. The molecular formula is C17H21N5OS. The molecule has 0 aromatic carbocycles. The lowest BCUT2D eigenvalue weighted by atomic mass is 10.1. The van der Waals surface area contributed by atoms with Crippen molar-refractivity contribution >= 4 is 28.3 Å². The van der Waals surface area contributed by atoms with Gasteiger partial charge in [-0.25, -0.2) is 4.98 Å². The Bertz CT molecular complexity index is 869. The molecule has 0 bridgehead atoms. The van der Waals surface area contributed by atoms with Gasteiger partial charge in [0.2, 0.25) is 0 Å². The Morgan fingerprint density at radius 1 is 1.46 bits per heavy atom. The molecule has 0 aliphatic heterocycles. The molecule has 0 spiro atoms. The molecule has 126 valence electrons. The van der Waals surface area contributed by atoms with Crippen molar-refractivity contribution in [2.75, 3.05) is 27.2 Å². The van der Waals surface area contributed by atoms with Gasteiger partial charge < -0.3 is 10.2 Å². The summed E-state index contributed by atoms with van der Waals surface area (Å²) in [6.45, 7) is 3.31. The summed E-state index contributed by atoms with van der Waals surface area (Å²) in [7, 11) is 5.56. The molecule has 7 heteroatoms. The average Bonchev–Trinajstić information content (AvgIpc) is 3.20. The van der Waals surface area contributed by atoms with Gasteiger partial charge in [0.1, 0.15) is 0 Å². The summed E-state index contributed by atoms with van der Waals surface area (Å²) in [4.78, 5) is 20.5. The Balaban J connectivity index is 2.16. The van der Waals surface area contributed by atoms with Crippen molar-refractivity contribution in [3.05, 3.63) is 34.8 Å². The van der Waals surface area contributed by atoms with E-state index in [0.717, 1.165) is 33.8 Å². The van der Waals surface area contributed by atoms with Crippen LogP contribution in [0.5, 0.6) is 0 Å². The highest BCUT2D eigenvalue weighted by molar-refractivity contribution is 7.13. The third-order valence-corrected chi connectivity index (χ3v) is 4.91. The Hall–Kier alpha value is -2.25. The maximum atomic E-state index is 13.0. The van der Waals surface area contributed by atoms with Crippen LogP contribution in [0.3, 0.4) is 0 Å². The quantitative estimate of drug-likeness (QED) is 0.772. The summed E-state index contributed by atoms with van der Waals surface area (Å²) in [6.07, 6.45) is 0. The van der Waals surface area contributed by atoms with E-state index in [4.69, 9.17) is 4.98 Å². The van der Waals surface area contributed by atoms with Gasteiger partial charge in [-0.15, -0.1) is 11.3 Å². The van der Waals surface area contributed by atoms with Crippen LogP contribution in [0.25, 0.3) is 21.6 Å². The number of aromatic nitrogens is 3. The van der Waals surface area contributed by atoms with Gasteiger partial charge >= 0.3 is 0 Å². The molecule has 0 unspecified atom stereocenters. The van der Waals surface area contributed by atoms with E-state index in [1.54, 1.807) is 20.9 Å².